The van der Waals surface area contributed by atoms with Crippen LogP contribution in [0.3, 0.4) is 0 Å². The Bertz CT molecular complexity index is 385. The van der Waals surface area contributed by atoms with Crippen LogP contribution in [0.4, 0.5) is 4.79 Å². The molecule has 2 rings (SSSR count). The molecular weight excluding hydrogens is 266 g/mol. The van der Waals surface area contributed by atoms with Gasteiger partial charge in [-0.2, -0.15) is 0 Å². The number of piperidine rings is 1. The third-order valence-corrected chi connectivity index (χ3v) is 4.27. The van der Waals surface area contributed by atoms with Gasteiger partial charge in [0.1, 0.15) is 5.60 Å². The van der Waals surface area contributed by atoms with Gasteiger partial charge < -0.3 is 14.4 Å². The molecule has 0 aromatic rings. The van der Waals surface area contributed by atoms with Gasteiger partial charge in [-0.25, -0.2) is 4.79 Å². The molecular formula is C17H29NO3. The molecule has 0 N–H and O–H groups in total. The van der Waals surface area contributed by atoms with Crippen molar-refractivity contribution in [3.8, 4) is 0 Å². The highest BCUT2D eigenvalue weighted by molar-refractivity contribution is 5.68. The molecule has 1 amide bonds. The second-order valence-corrected chi connectivity index (χ2v) is 7.44. The third kappa shape index (κ3) is 4.73. The van der Waals surface area contributed by atoms with Gasteiger partial charge in [0.05, 0.1) is 12.2 Å². The van der Waals surface area contributed by atoms with Crippen molar-refractivity contribution < 1.29 is 14.3 Å². The number of nitrogens with zero attached hydrogens (tertiary/aromatic N) is 1. The lowest BCUT2D eigenvalue weighted by molar-refractivity contribution is -0.0877. The van der Waals surface area contributed by atoms with Crippen LogP contribution in [-0.2, 0) is 9.47 Å². The smallest absolute Gasteiger partial charge is 0.410 e. The number of ether oxygens (including phenoxy) is 2. The summed E-state index contributed by atoms with van der Waals surface area (Å²) in [7, 11) is 0. The van der Waals surface area contributed by atoms with Crippen LogP contribution >= 0.6 is 0 Å². The Labute approximate surface area is 128 Å². The molecule has 0 unspecified atom stereocenters. The number of carbonyl (C=O) groups excluding carboxylic acids is 1. The van der Waals surface area contributed by atoms with Crippen molar-refractivity contribution in [3.63, 3.8) is 0 Å². The Balaban J connectivity index is 1.67. The van der Waals surface area contributed by atoms with Crippen molar-refractivity contribution in [2.45, 2.75) is 71.2 Å². The average Bonchev–Trinajstić information content (AvgIpc) is 2.31. The summed E-state index contributed by atoms with van der Waals surface area (Å²) in [6.45, 7) is 13.3. The molecule has 2 fully saturated rings. The fraction of sp³-hybridized carbons (Fsp3) is 0.824. The van der Waals surface area contributed by atoms with Gasteiger partial charge in [-0.3, -0.25) is 0 Å². The first-order valence-corrected chi connectivity index (χ1v) is 8.03. The van der Waals surface area contributed by atoms with E-state index >= 15 is 0 Å². The molecule has 1 saturated carbocycles. The predicted octanol–water partition coefficient (Wildman–Crippen LogP) is 3.76. The van der Waals surface area contributed by atoms with Crippen LogP contribution < -0.4 is 0 Å². The average molecular weight is 295 g/mol. The fourth-order valence-corrected chi connectivity index (χ4v) is 2.85. The van der Waals surface area contributed by atoms with E-state index in [2.05, 4.69) is 13.5 Å². The molecule has 0 spiro atoms. The van der Waals surface area contributed by atoms with Gasteiger partial charge in [0.15, 0.2) is 0 Å². The Morgan fingerprint density at radius 2 is 1.71 bits per heavy atom. The minimum Gasteiger partial charge on any atom is -0.444 e. The topological polar surface area (TPSA) is 38.8 Å². The normalized spacial score (nSPS) is 27.1. The molecule has 0 bridgehead atoms. The highest BCUT2D eigenvalue weighted by Gasteiger charge is 2.34. The summed E-state index contributed by atoms with van der Waals surface area (Å²) in [5.41, 5.74) is 0.850. The summed E-state index contributed by atoms with van der Waals surface area (Å²) in [5.74, 6) is 0.650. The molecule has 1 aliphatic carbocycles. The number of amides is 1. The van der Waals surface area contributed by atoms with Crippen LogP contribution in [-0.4, -0.2) is 41.9 Å². The summed E-state index contributed by atoms with van der Waals surface area (Å²) in [6.07, 6.45) is 4.53. The van der Waals surface area contributed by atoms with Crippen LogP contribution in [0.25, 0.3) is 0 Å². The van der Waals surface area contributed by atoms with Gasteiger partial charge in [-0.15, -0.1) is 0 Å². The molecule has 1 saturated heterocycles. The maximum absolute atomic E-state index is 12.0. The second kappa shape index (κ2) is 6.39. The quantitative estimate of drug-likeness (QED) is 0.744. The highest BCUT2D eigenvalue weighted by atomic mass is 16.6. The number of rotatable bonds is 3. The van der Waals surface area contributed by atoms with E-state index in [0.717, 1.165) is 38.8 Å². The third-order valence-electron chi connectivity index (χ3n) is 4.27. The minimum absolute atomic E-state index is 0.202. The van der Waals surface area contributed by atoms with Crippen molar-refractivity contribution in [1.82, 2.24) is 4.90 Å². The number of likely N-dealkylation sites (tertiary alicyclic amines) is 1. The first-order valence-electron chi connectivity index (χ1n) is 8.03. The van der Waals surface area contributed by atoms with Crippen molar-refractivity contribution in [1.29, 1.82) is 0 Å². The van der Waals surface area contributed by atoms with Gasteiger partial charge >= 0.3 is 6.09 Å². The van der Waals surface area contributed by atoms with E-state index in [1.165, 1.54) is 5.57 Å². The minimum atomic E-state index is -0.423. The molecule has 21 heavy (non-hydrogen) atoms. The highest BCUT2D eigenvalue weighted by Crippen LogP contribution is 2.36. The first kappa shape index (κ1) is 16.3. The van der Waals surface area contributed by atoms with Crippen LogP contribution in [0.15, 0.2) is 12.2 Å². The van der Waals surface area contributed by atoms with Crippen LogP contribution in [0.5, 0.6) is 0 Å². The zero-order chi connectivity index (χ0) is 15.6. The molecule has 0 aromatic heterocycles. The van der Waals surface area contributed by atoms with Gasteiger partial charge in [0.2, 0.25) is 0 Å². The van der Waals surface area contributed by atoms with E-state index in [1.807, 2.05) is 20.8 Å². The zero-order valence-corrected chi connectivity index (χ0v) is 13.9. The monoisotopic (exact) mass is 295 g/mol. The van der Waals surface area contributed by atoms with Crippen LogP contribution in [0.1, 0.15) is 53.4 Å². The second-order valence-electron chi connectivity index (χ2n) is 7.44. The van der Waals surface area contributed by atoms with Gasteiger partial charge in [-0.05, 0) is 59.3 Å². The van der Waals surface area contributed by atoms with Crippen LogP contribution in [0, 0.1) is 5.92 Å². The number of carbonyl (C=O) groups is 1. The summed E-state index contributed by atoms with van der Waals surface area (Å²) >= 11 is 0. The van der Waals surface area contributed by atoms with Crippen molar-refractivity contribution in [2.24, 2.45) is 5.92 Å². The maximum Gasteiger partial charge on any atom is 0.410 e. The largest absolute Gasteiger partial charge is 0.444 e. The Morgan fingerprint density at radius 1 is 1.14 bits per heavy atom. The van der Waals surface area contributed by atoms with E-state index < -0.39 is 5.60 Å². The number of hydrogen-bond donors (Lipinski definition) is 0. The fourth-order valence-electron chi connectivity index (χ4n) is 2.85. The van der Waals surface area contributed by atoms with Crippen molar-refractivity contribution in [3.05, 3.63) is 12.2 Å². The van der Waals surface area contributed by atoms with Crippen LogP contribution in [0.2, 0.25) is 0 Å². The first-order chi connectivity index (χ1) is 9.74. The molecule has 4 heteroatoms. The molecule has 0 atom stereocenters. The van der Waals surface area contributed by atoms with E-state index in [9.17, 15) is 4.79 Å². The molecule has 0 radical (unpaired) electrons. The molecule has 1 aliphatic heterocycles. The van der Waals surface area contributed by atoms with Crippen molar-refractivity contribution in [2.75, 3.05) is 13.1 Å². The molecule has 0 aromatic carbocycles. The number of allylic oxidation sites excluding steroid dienone is 1. The molecule has 4 nitrogen and oxygen atoms in total. The maximum atomic E-state index is 12.0. The zero-order valence-electron chi connectivity index (χ0n) is 13.9. The van der Waals surface area contributed by atoms with E-state index in [-0.39, 0.29) is 6.09 Å². The Morgan fingerprint density at radius 3 is 2.19 bits per heavy atom. The Kier molecular flexibility index (Phi) is 4.97. The van der Waals surface area contributed by atoms with E-state index in [4.69, 9.17) is 9.47 Å². The summed E-state index contributed by atoms with van der Waals surface area (Å²) in [4.78, 5) is 13.8. The Hall–Kier alpha value is -1.03. The van der Waals surface area contributed by atoms with E-state index in [0.29, 0.717) is 18.1 Å². The summed E-state index contributed by atoms with van der Waals surface area (Å²) < 4.78 is 11.5. The lowest BCUT2D eigenvalue weighted by Gasteiger charge is -2.40. The summed E-state index contributed by atoms with van der Waals surface area (Å²) in [6, 6.07) is 0. The summed E-state index contributed by atoms with van der Waals surface area (Å²) in [5, 5.41) is 0. The predicted molar refractivity (Wildman–Crippen MR) is 83.2 cm³/mol. The van der Waals surface area contributed by atoms with Gasteiger partial charge in [-0.1, -0.05) is 12.2 Å². The lowest BCUT2D eigenvalue weighted by Crippen LogP contribution is -2.45. The van der Waals surface area contributed by atoms with E-state index in [1.54, 1.807) is 4.90 Å². The molecule has 1 heterocycles. The van der Waals surface area contributed by atoms with Crippen molar-refractivity contribution >= 4 is 6.09 Å². The number of hydrogen-bond acceptors (Lipinski definition) is 3. The lowest BCUT2D eigenvalue weighted by atomic mass is 9.78. The molecule has 120 valence electrons. The van der Waals surface area contributed by atoms with Gasteiger partial charge in [0.25, 0.3) is 0 Å². The SMILES string of the molecule is C=C(C)C1CC(OC2CCN(C(=O)OC(C)(C)C)CC2)C1. The molecule has 2 aliphatic rings. The standard InChI is InChI=1S/C17H29NO3/c1-12(2)13-10-15(11-13)20-14-6-8-18(9-7-14)16(19)21-17(3,4)5/h13-15H,1,6-11H2,2-5H3. The van der Waals surface area contributed by atoms with Gasteiger partial charge in [0, 0.05) is 13.1 Å².